The van der Waals surface area contributed by atoms with Crippen molar-refractivity contribution in [2.75, 3.05) is 13.6 Å². The van der Waals surface area contributed by atoms with Gasteiger partial charge in [0.1, 0.15) is 0 Å². The number of aliphatic hydroxyl groups is 1. The van der Waals surface area contributed by atoms with Crippen molar-refractivity contribution in [1.82, 2.24) is 4.31 Å². The number of sulfonamides is 1. The summed E-state index contributed by atoms with van der Waals surface area (Å²) in [6.07, 6.45) is 1.11. The summed E-state index contributed by atoms with van der Waals surface area (Å²) in [5, 5.41) is 9.27. The zero-order chi connectivity index (χ0) is 14.9. The third kappa shape index (κ3) is 3.03. The van der Waals surface area contributed by atoms with Crippen molar-refractivity contribution in [1.29, 1.82) is 0 Å². The maximum atomic E-state index is 12.5. The van der Waals surface area contributed by atoms with Crippen LogP contribution >= 0.6 is 0 Å². The van der Waals surface area contributed by atoms with Gasteiger partial charge < -0.3 is 10.8 Å². The Labute approximate surface area is 120 Å². The Hall–Kier alpha value is -0.950. The van der Waals surface area contributed by atoms with Crippen molar-refractivity contribution in [3.8, 4) is 0 Å². The molecule has 0 radical (unpaired) electrons. The monoisotopic (exact) mass is 298 g/mol. The zero-order valence-corrected chi connectivity index (χ0v) is 12.7. The van der Waals surface area contributed by atoms with Crippen molar-refractivity contribution >= 4 is 10.0 Å². The highest BCUT2D eigenvalue weighted by Crippen LogP contribution is 2.29. The van der Waals surface area contributed by atoms with Crippen LogP contribution < -0.4 is 5.73 Å². The Morgan fingerprint density at radius 1 is 1.40 bits per heavy atom. The van der Waals surface area contributed by atoms with Crippen molar-refractivity contribution in [2.24, 2.45) is 11.7 Å². The molecule has 2 rings (SSSR count). The Morgan fingerprint density at radius 3 is 2.55 bits per heavy atom. The second kappa shape index (κ2) is 5.81. The van der Waals surface area contributed by atoms with Crippen molar-refractivity contribution in [3.63, 3.8) is 0 Å². The zero-order valence-electron chi connectivity index (χ0n) is 11.9. The molecule has 0 saturated heterocycles. The van der Waals surface area contributed by atoms with Crippen molar-refractivity contribution in [2.45, 2.75) is 37.3 Å². The van der Waals surface area contributed by atoms with Crippen LogP contribution in [0.1, 0.15) is 24.0 Å². The van der Waals surface area contributed by atoms with Crippen LogP contribution in [0.5, 0.6) is 0 Å². The summed E-state index contributed by atoms with van der Waals surface area (Å²) in [4.78, 5) is 0.331. The molecule has 1 aliphatic rings. The van der Waals surface area contributed by atoms with Crippen molar-refractivity contribution in [3.05, 3.63) is 29.3 Å². The first-order chi connectivity index (χ1) is 9.34. The molecular formula is C14H22N2O3S. The summed E-state index contributed by atoms with van der Waals surface area (Å²) >= 11 is 0. The fourth-order valence-electron chi connectivity index (χ4n) is 2.61. The van der Waals surface area contributed by atoms with E-state index in [-0.39, 0.29) is 12.0 Å². The van der Waals surface area contributed by atoms with Gasteiger partial charge >= 0.3 is 0 Å². The predicted molar refractivity (Wildman–Crippen MR) is 77.6 cm³/mol. The summed E-state index contributed by atoms with van der Waals surface area (Å²) in [5.41, 5.74) is 7.20. The molecule has 0 atom stereocenters. The molecule has 0 unspecified atom stereocenters. The lowest BCUT2D eigenvalue weighted by molar-refractivity contribution is 0.0367. The molecule has 20 heavy (non-hydrogen) atoms. The fourth-order valence-corrected chi connectivity index (χ4v) is 4.06. The molecule has 6 heteroatoms. The van der Waals surface area contributed by atoms with Gasteiger partial charge in [0.15, 0.2) is 0 Å². The SMILES string of the molecule is Cc1cc(CN)ccc1S(=O)(=O)N(C)CC1CC(O)C1. The van der Waals surface area contributed by atoms with Crippen LogP contribution in [0, 0.1) is 12.8 Å². The van der Waals surface area contributed by atoms with E-state index in [4.69, 9.17) is 5.73 Å². The van der Waals surface area contributed by atoms with E-state index in [0.29, 0.717) is 36.4 Å². The minimum absolute atomic E-state index is 0.258. The van der Waals surface area contributed by atoms with Crippen LogP contribution in [-0.4, -0.2) is 37.5 Å². The molecule has 1 aromatic carbocycles. The van der Waals surface area contributed by atoms with Gasteiger partial charge in [-0.25, -0.2) is 12.7 Å². The maximum absolute atomic E-state index is 12.5. The highest BCUT2D eigenvalue weighted by molar-refractivity contribution is 7.89. The van der Waals surface area contributed by atoms with Gasteiger partial charge in [-0.2, -0.15) is 0 Å². The lowest BCUT2D eigenvalue weighted by Crippen LogP contribution is -2.39. The van der Waals surface area contributed by atoms with Gasteiger partial charge in [-0.05, 0) is 42.9 Å². The van der Waals surface area contributed by atoms with Gasteiger partial charge in [-0.3, -0.25) is 0 Å². The molecule has 0 aromatic heterocycles. The summed E-state index contributed by atoms with van der Waals surface area (Å²) in [6.45, 7) is 2.64. The van der Waals surface area contributed by atoms with Gasteiger partial charge in [-0.1, -0.05) is 12.1 Å². The first-order valence-corrected chi connectivity index (χ1v) is 8.22. The molecule has 0 heterocycles. The first-order valence-electron chi connectivity index (χ1n) is 6.78. The molecule has 0 spiro atoms. The Bertz CT molecular complexity index is 580. The smallest absolute Gasteiger partial charge is 0.243 e. The van der Waals surface area contributed by atoms with Crippen molar-refractivity contribution < 1.29 is 13.5 Å². The van der Waals surface area contributed by atoms with Gasteiger partial charge in [0, 0.05) is 20.1 Å². The number of aryl methyl sites for hydroxylation is 1. The third-order valence-corrected chi connectivity index (χ3v) is 5.87. The summed E-state index contributed by atoms with van der Waals surface area (Å²) in [7, 11) is -1.88. The van der Waals surface area contributed by atoms with E-state index in [0.717, 1.165) is 5.56 Å². The van der Waals surface area contributed by atoms with Crippen LogP contribution in [0.4, 0.5) is 0 Å². The number of hydrogen-bond acceptors (Lipinski definition) is 4. The minimum atomic E-state index is -3.47. The molecule has 5 nitrogen and oxygen atoms in total. The quantitative estimate of drug-likeness (QED) is 0.844. The van der Waals surface area contributed by atoms with Crippen LogP contribution in [0.15, 0.2) is 23.1 Å². The average molecular weight is 298 g/mol. The molecule has 0 aliphatic heterocycles. The van der Waals surface area contributed by atoms with Gasteiger partial charge in [0.2, 0.25) is 10.0 Å². The lowest BCUT2D eigenvalue weighted by Gasteiger charge is -2.34. The van der Waals surface area contributed by atoms with E-state index in [9.17, 15) is 13.5 Å². The molecule has 3 N–H and O–H groups in total. The normalized spacial score (nSPS) is 22.9. The molecule has 1 aromatic rings. The number of rotatable bonds is 5. The van der Waals surface area contributed by atoms with Crippen LogP contribution in [-0.2, 0) is 16.6 Å². The molecule has 1 aliphatic carbocycles. The Kier molecular flexibility index (Phi) is 4.49. The molecule has 0 amide bonds. The topological polar surface area (TPSA) is 83.6 Å². The van der Waals surface area contributed by atoms with E-state index < -0.39 is 10.0 Å². The second-order valence-electron chi connectivity index (χ2n) is 5.58. The highest BCUT2D eigenvalue weighted by atomic mass is 32.2. The number of nitrogens with zero attached hydrogens (tertiary/aromatic N) is 1. The van der Waals surface area contributed by atoms with E-state index in [1.807, 2.05) is 6.07 Å². The average Bonchev–Trinajstić information content (AvgIpc) is 2.36. The molecule has 0 bridgehead atoms. The number of benzene rings is 1. The van der Waals surface area contributed by atoms with Crippen LogP contribution in [0.25, 0.3) is 0 Å². The van der Waals surface area contributed by atoms with Crippen LogP contribution in [0.2, 0.25) is 0 Å². The highest BCUT2D eigenvalue weighted by Gasteiger charge is 2.32. The summed E-state index contributed by atoms with van der Waals surface area (Å²) in [5.74, 6) is 0.258. The van der Waals surface area contributed by atoms with Crippen LogP contribution in [0.3, 0.4) is 0 Å². The largest absolute Gasteiger partial charge is 0.393 e. The number of nitrogens with two attached hydrogens (primary N) is 1. The first kappa shape index (κ1) is 15.4. The molecule has 1 fully saturated rings. The third-order valence-electron chi connectivity index (χ3n) is 3.89. The predicted octanol–water partition coefficient (Wildman–Crippen LogP) is 0.845. The van der Waals surface area contributed by atoms with E-state index in [2.05, 4.69) is 0 Å². The second-order valence-corrected chi connectivity index (χ2v) is 7.59. The Balaban J connectivity index is 2.16. The standard InChI is InChI=1S/C14H22N2O3S/c1-10-5-11(8-15)3-4-14(10)20(18,19)16(2)9-12-6-13(17)7-12/h3-5,12-13,17H,6-9,15H2,1-2H3. The maximum Gasteiger partial charge on any atom is 0.243 e. The fraction of sp³-hybridized carbons (Fsp3) is 0.571. The molecular weight excluding hydrogens is 276 g/mol. The van der Waals surface area contributed by atoms with Gasteiger partial charge in [-0.15, -0.1) is 0 Å². The lowest BCUT2D eigenvalue weighted by atomic mass is 9.82. The number of aliphatic hydroxyl groups excluding tert-OH is 1. The van der Waals surface area contributed by atoms with E-state index in [1.165, 1.54) is 4.31 Å². The summed E-state index contributed by atoms with van der Waals surface area (Å²) < 4.78 is 26.5. The van der Waals surface area contributed by atoms with E-state index in [1.54, 1.807) is 26.1 Å². The van der Waals surface area contributed by atoms with E-state index >= 15 is 0 Å². The van der Waals surface area contributed by atoms with Gasteiger partial charge in [0.25, 0.3) is 0 Å². The minimum Gasteiger partial charge on any atom is -0.393 e. The summed E-state index contributed by atoms with van der Waals surface area (Å²) in [6, 6.07) is 5.19. The Morgan fingerprint density at radius 2 is 2.05 bits per heavy atom. The molecule has 1 saturated carbocycles. The number of hydrogen-bond donors (Lipinski definition) is 2. The van der Waals surface area contributed by atoms with Gasteiger partial charge in [0.05, 0.1) is 11.0 Å². The molecule has 112 valence electrons.